The Morgan fingerprint density at radius 3 is 2.55 bits per heavy atom. The standard InChI is InChI=1S/C12H7Br2N3O3/c13-8-1-2-11(15-6-8)16-12(18)7-3-9(14)5-10(4-7)17(19)20/h1-6H,(H,15,16,18). The van der Waals surface area contributed by atoms with Crippen LogP contribution in [0.1, 0.15) is 10.4 Å². The van der Waals surface area contributed by atoms with Gasteiger partial charge < -0.3 is 5.32 Å². The minimum atomic E-state index is -0.556. The summed E-state index contributed by atoms with van der Waals surface area (Å²) in [7, 11) is 0. The molecule has 2 rings (SSSR count). The van der Waals surface area contributed by atoms with E-state index in [1.807, 2.05) is 0 Å². The summed E-state index contributed by atoms with van der Waals surface area (Å²) in [4.78, 5) is 26.2. The molecule has 0 saturated heterocycles. The number of pyridine rings is 1. The van der Waals surface area contributed by atoms with Gasteiger partial charge in [-0.25, -0.2) is 4.98 Å². The van der Waals surface area contributed by atoms with Crippen molar-refractivity contribution in [2.24, 2.45) is 0 Å². The number of anilines is 1. The molecule has 0 bridgehead atoms. The third kappa shape index (κ3) is 3.61. The van der Waals surface area contributed by atoms with Gasteiger partial charge in [0.2, 0.25) is 0 Å². The summed E-state index contributed by atoms with van der Waals surface area (Å²) in [6, 6.07) is 7.38. The van der Waals surface area contributed by atoms with Gasteiger partial charge in [-0.1, -0.05) is 15.9 Å². The molecule has 8 heteroatoms. The first kappa shape index (κ1) is 14.6. The first-order valence-corrected chi connectivity index (χ1v) is 6.92. The molecule has 0 radical (unpaired) electrons. The van der Waals surface area contributed by atoms with E-state index in [9.17, 15) is 14.9 Å². The Kier molecular flexibility index (Phi) is 4.46. The first-order valence-electron chi connectivity index (χ1n) is 5.33. The topological polar surface area (TPSA) is 85.1 Å². The van der Waals surface area contributed by atoms with Crippen molar-refractivity contribution in [3.05, 3.63) is 61.2 Å². The minimum Gasteiger partial charge on any atom is -0.307 e. The summed E-state index contributed by atoms with van der Waals surface area (Å²) in [5, 5.41) is 13.3. The fourth-order valence-corrected chi connectivity index (χ4v) is 2.16. The Morgan fingerprint density at radius 1 is 1.20 bits per heavy atom. The second-order valence-corrected chi connectivity index (χ2v) is 5.60. The quantitative estimate of drug-likeness (QED) is 0.627. The van der Waals surface area contributed by atoms with Crippen LogP contribution in [0, 0.1) is 10.1 Å². The van der Waals surface area contributed by atoms with E-state index < -0.39 is 10.8 Å². The van der Waals surface area contributed by atoms with E-state index >= 15 is 0 Å². The molecule has 1 amide bonds. The number of carbonyl (C=O) groups excluding carboxylic acids is 1. The molecular formula is C12H7Br2N3O3. The summed E-state index contributed by atoms with van der Waals surface area (Å²) in [6.45, 7) is 0. The number of carbonyl (C=O) groups is 1. The zero-order chi connectivity index (χ0) is 14.7. The number of benzene rings is 1. The average molecular weight is 401 g/mol. The Balaban J connectivity index is 2.25. The number of rotatable bonds is 3. The lowest BCUT2D eigenvalue weighted by Crippen LogP contribution is -2.13. The molecule has 0 fully saturated rings. The second kappa shape index (κ2) is 6.10. The number of halogens is 2. The third-order valence-corrected chi connectivity index (χ3v) is 3.25. The van der Waals surface area contributed by atoms with Gasteiger partial charge in [0.05, 0.1) is 4.92 Å². The van der Waals surface area contributed by atoms with Crippen molar-refractivity contribution in [2.75, 3.05) is 5.32 Å². The number of aromatic nitrogens is 1. The predicted molar refractivity (Wildman–Crippen MR) is 80.7 cm³/mol. The Morgan fingerprint density at radius 2 is 1.95 bits per heavy atom. The molecule has 0 atom stereocenters. The number of non-ortho nitro benzene ring substituents is 1. The Bertz CT molecular complexity index is 674. The van der Waals surface area contributed by atoms with Crippen LogP contribution < -0.4 is 5.32 Å². The molecule has 0 aliphatic carbocycles. The van der Waals surface area contributed by atoms with Crippen molar-refractivity contribution >= 4 is 49.3 Å². The fourth-order valence-electron chi connectivity index (χ4n) is 1.45. The number of nitro benzene ring substituents is 1. The van der Waals surface area contributed by atoms with Gasteiger partial charge >= 0.3 is 0 Å². The number of nitrogens with zero attached hydrogens (tertiary/aromatic N) is 2. The molecule has 2 aromatic rings. The second-order valence-electron chi connectivity index (χ2n) is 3.77. The lowest BCUT2D eigenvalue weighted by molar-refractivity contribution is -0.384. The number of amides is 1. The summed E-state index contributed by atoms with van der Waals surface area (Å²) >= 11 is 6.37. The number of hydrogen-bond donors (Lipinski definition) is 1. The van der Waals surface area contributed by atoms with Crippen LogP contribution in [-0.4, -0.2) is 15.8 Å². The highest BCUT2D eigenvalue weighted by atomic mass is 79.9. The van der Waals surface area contributed by atoms with Crippen LogP contribution in [0.15, 0.2) is 45.5 Å². The van der Waals surface area contributed by atoms with Crippen LogP contribution in [0.5, 0.6) is 0 Å². The van der Waals surface area contributed by atoms with Crippen LogP contribution in [-0.2, 0) is 0 Å². The molecule has 0 aliphatic heterocycles. The maximum atomic E-state index is 12.0. The third-order valence-electron chi connectivity index (χ3n) is 2.32. The minimum absolute atomic E-state index is 0.159. The molecule has 20 heavy (non-hydrogen) atoms. The monoisotopic (exact) mass is 399 g/mol. The van der Waals surface area contributed by atoms with Crippen LogP contribution in [0.3, 0.4) is 0 Å². The smallest absolute Gasteiger partial charge is 0.271 e. The zero-order valence-corrected chi connectivity index (χ0v) is 13.0. The lowest BCUT2D eigenvalue weighted by atomic mass is 10.2. The van der Waals surface area contributed by atoms with Crippen LogP contribution in [0.4, 0.5) is 11.5 Å². The number of hydrogen-bond acceptors (Lipinski definition) is 4. The van der Waals surface area contributed by atoms with Gasteiger partial charge in [0.15, 0.2) is 0 Å². The predicted octanol–water partition coefficient (Wildman–Crippen LogP) is 3.77. The first-order chi connectivity index (χ1) is 9.45. The highest BCUT2D eigenvalue weighted by Crippen LogP contribution is 2.22. The van der Waals surface area contributed by atoms with E-state index in [4.69, 9.17) is 0 Å². The molecule has 0 spiro atoms. The molecule has 0 aliphatic rings. The molecule has 102 valence electrons. The summed E-state index contributed by atoms with van der Waals surface area (Å²) in [5.41, 5.74) is 0.0177. The van der Waals surface area contributed by atoms with Crippen LogP contribution >= 0.6 is 31.9 Å². The van der Waals surface area contributed by atoms with Crippen molar-refractivity contribution in [1.82, 2.24) is 4.98 Å². The van der Waals surface area contributed by atoms with Gasteiger partial charge in [0.1, 0.15) is 5.82 Å². The van der Waals surface area contributed by atoms with Crippen LogP contribution in [0.25, 0.3) is 0 Å². The normalized spacial score (nSPS) is 10.1. The average Bonchev–Trinajstić information content (AvgIpc) is 2.40. The zero-order valence-electron chi connectivity index (χ0n) is 9.84. The molecular weight excluding hydrogens is 394 g/mol. The molecule has 0 unspecified atom stereocenters. The van der Waals surface area contributed by atoms with Gasteiger partial charge in [0.25, 0.3) is 11.6 Å². The SMILES string of the molecule is O=C(Nc1ccc(Br)cn1)c1cc(Br)cc([N+](=O)[O-])c1. The van der Waals surface area contributed by atoms with Crippen molar-refractivity contribution in [3.8, 4) is 0 Å². The molecule has 1 aromatic heterocycles. The van der Waals surface area contributed by atoms with Crippen molar-refractivity contribution in [1.29, 1.82) is 0 Å². The number of nitro groups is 1. The molecule has 1 aromatic carbocycles. The van der Waals surface area contributed by atoms with Crippen LogP contribution in [0.2, 0.25) is 0 Å². The van der Waals surface area contributed by atoms with Crippen molar-refractivity contribution < 1.29 is 9.72 Å². The molecule has 1 heterocycles. The highest BCUT2D eigenvalue weighted by Gasteiger charge is 2.14. The van der Waals surface area contributed by atoms with E-state index in [0.29, 0.717) is 10.3 Å². The lowest BCUT2D eigenvalue weighted by Gasteiger charge is -2.05. The Hall–Kier alpha value is -1.80. The summed E-state index contributed by atoms with van der Waals surface area (Å²) in [6.07, 6.45) is 1.54. The van der Waals surface area contributed by atoms with E-state index in [2.05, 4.69) is 42.2 Å². The van der Waals surface area contributed by atoms with Gasteiger partial charge in [-0.2, -0.15) is 0 Å². The molecule has 0 saturated carbocycles. The maximum absolute atomic E-state index is 12.0. The number of nitrogens with one attached hydrogen (secondary N) is 1. The Labute approximate surface area is 130 Å². The molecule has 6 nitrogen and oxygen atoms in total. The highest BCUT2D eigenvalue weighted by molar-refractivity contribution is 9.10. The van der Waals surface area contributed by atoms with E-state index in [-0.39, 0.29) is 11.3 Å². The fraction of sp³-hybridized carbons (Fsp3) is 0. The van der Waals surface area contributed by atoms with Crippen molar-refractivity contribution in [3.63, 3.8) is 0 Å². The van der Waals surface area contributed by atoms with Gasteiger partial charge in [-0.3, -0.25) is 14.9 Å². The van der Waals surface area contributed by atoms with Gasteiger partial charge in [0, 0.05) is 32.8 Å². The van der Waals surface area contributed by atoms with Gasteiger partial charge in [-0.05, 0) is 34.1 Å². The summed E-state index contributed by atoms with van der Waals surface area (Å²) in [5.74, 6) is -0.106. The summed E-state index contributed by atoms with van der Waals surface area (Å²) < 4.78 is 1.24. The van der Waals surface area contributed by atoms with E-state index in [1.165, 1.54) is 18.2 Å². The largest absolute Gasteiger partial charge is 0.307 e. The van der Waals surface area contributed by atoms with E-state index in [1.54, 1.807) is 18.3 Å². The molecule has 1 N–H and O–H groups in total. The maximum Gasteiger partial charge on any atom is 0.271 e. The van der Waals surface area contributed by atoms with Gasteiger partial charge in [-0.15, -0.1) is 0 Å². The van der Waals surface area contributed by atoms with E-state index in [0.717, 1.165) is 4.47 Å². The van der Waals surface area contributed by atoms with Crippen molar-refractivity contribution in [2.45, 2.75) is 0 Å².